The van der Waals surface area contributed by atoms with E-state index in [1.165, 1.54) is 5.56 Å². The van der Waals surface area contributed by atoms with Gasteiger partial charge in [-0.2, -0.15) is 0 Å². The minimum absolute atomic E-state index is 0.0819. The number of hydrogen-bond acceptors (Lipinski definition) is 4. The summed E-state index contributed by atoms with van der Waals surface area (Å²) in [7, 11) is 0. The quantitative estimate of drug-likeness (QED) is 0.817. The third-order valence-electron chi connectivity index (χ3n) is 4.06. The van der Waals surface area contributed by atoms with Crippen molar-refractivity contribution >= 4 is 17.7 Å². The fourth-order valence-electron chi connectivity index (χ4n) is 2.97. The number of pyridine rings is 1. The zero-order valence-corrected chi connectivity index (χ0v) is 12.9. The number of aromatic nitrogens is 1. The van der Waals surface area contributed by atoms with E-state index in [2.05, 4.69) is 24.0 Å². The number of aliphatic carboxylic acids is 1. The van der Waals surface area contributed by atoms with E-state index in [0.717, 1.165) is 35.7 Å². The summed E-state index contributed by atoms with van der Waals surface area (Å²) >= 11 is 1.69. The van der Waals surface area contributed by atoms with Gasteiger partial charge in [0, 0.05) is 5.69 Å². The lowest BCUT2D eigenvalue weighted by molar-refractivity contribution is -0.144. The largest absolute Gasteiger partial charge is 0.480 e. The summed E-state index contributed by atoms with van der Waals surface area (Å²) in [4.78, 5) is 15.8. The predicted octanol–water partition coefficient (Wildman–Crippen LogP) is 2.76. The van der Waals surface area contributed by atoms with E-state index < -0.39 is 11.5 Å². The molecular formula is C15H22N2O2S. The lowest BCUT2D eigenvalue weighted by Gasteiger charge is -2.26. The summed E-state index contributed by atoms with van der Waals surface area (Å²) in [6, 6.07) is 4.12. The van der Waals surface area contributed by atoms with Crippen LogP contribution in [0.15, 0.2) is 17.2 Å². The molecule has 1 saturated carbocycles. The summed E-state index contributed by atoms with van der Waals surface area (Å²) < 4.78 is 0. The third kappa shape index (κ3) is 3.33. The summed E-state index contributed by atoms with van der Waals surface area (Å²) in [5.41, 5.74) is 7.26. The highest BCUT2D eigenvalue weighted by Crippen LogP contribution is 2.37. The number of rotatable bonds is 5. The van der Waals surface area contributed by atoms with Crippen molar-refractivity contribution in [3.63, 3.8) is 0 Å². The molecule has 1 aromatic heterocycles. The van der Waals surface area contributed by atoms with E-state index in [-0.39, 0.29) is 5.92 Å². The van der Waals surface area contributed by atoms with Crippen LogP contribution in [0.4, 0.5) is 0 Å². The fourth-order valence-corrected chi connectivity index (χ4v) is 4.06. The average molecular weight is 294 g/mol. The zero-order valence-electron chi connectivity index (χ0n) is 12.1. The Bertz CT molecular complexity index is 486. The highest BCUT2D eigenvalue weighted by atomic mass is 32.2. The molecule has 0 amide bonds. The Kier molecular flexibility index (Phi) is 4.70. The van der Waals surface area contributed by atoms with E-state index in [0.29, 0.717) is 6.42 Å². The molecule has 3 N–H and O–H groups in total. The van der Waals surface area contributed by atoms with Crippen LogP contribution in [0.5, 0.6) is 0 Å². The Balaban J connectivity index is 1.91. The van der Waals surface area contributed by atoms with Crippen molar-refractivity contribution in [1.29, 1.82) is 0 Å². The molecule has 0 radical (unpaired) electrons. The lowest BCUT2D eigenvalue weighted by Crippen LogP contribution is -2.51. The first-order valence-electron chi connectivity index (χ1n) is 7.02. The minimum Gasteiger partial charge on any atom is -0.480 e. The van der Waals surface area contributed by atoms with Gasteiger partial charge in [0.05, 0.1) is 5.03 Å². The number of nitrogens with zero attached hydrogens (tertiary/aromatic N) is 1. The van der Waals surface area contributed by atoms with Crippen LogP contribution < -0.4 is 5.73 Å². The van der Waals surface area contributed by atoms with Gasteiger partial charge < -0.3 is 10.8 Å². The second-order valence-corrected chi connectivity index (χ2v) is 6.81. The number of carbonyl (C=O) groups is 1. The standard InChI is InChI=1S/C15H22N2O2S/c1-10-8-11(2)17-13(9-10)20-7-5-12-4-3-6-15(12,16)14(18)19/h8-9,12H,3-7,16H2,1-2H3,(H,18,19). The second kappa shape index (κ2) is 6.14. The summed E-state index contributed by atoms with van der Waals surface area (Å²) in [6.45, 7) is 4.05. The first-order valence-corrected chi connectivity index (χ1v) is 8.01. The maximum absolute atomic E-state index is 11.3. The van der Waals surface area contributed by atoms with Crippen molar-refractivity contribution in [2.24, 2.45) is 11.7 Å². The fraction of sp³-hybridized carbons (Fsp3) is 0.600. The van der Waals surface area contributed by atoms with E-state index in [1.54, 1.807) is 11.8 Å². The molecular weight excluding hydrogens is 272 g/mol. The smallest absolute Gasteiger partial charge is 0.323 e. The molecule has 0 spiro atoms. The van der Waals surface area contributed by atoms with Gasteiger partial charge in [-0.05, 0) is 62.5 Å². The maximum Gasteiger partial charge on any atom is 0.323 e. The molecule has 1 aromatic rings. The van der Waals surface area contributed by atoms with E-state index >= 15 is 0 Å². The number of carboxylic acids is 1. The van der Waals surface area contributed by atoms with Crippen molar-refractivity contribution in [2.45, 2.75) is 50.1 Å². The van der Waals surface area contributed by atoms with Crippen LogP contribution in [-0.2, 0) is 4.79 Å². The maximum atomic E-state index is 11.3. The normalized spacial score (nSPS) is 25.9. The van der Waals surface area contributed by atoms with Gasteiger partial charge in [0.25, 0.3) is 0 Å². The average Bonchev–Trinajstić information content (AvgIpc) is 2.71. The van der Waals surface area contributed by atoms with Gasteiger partial charge in [-0.25, -0.2) is 4.98 Å². The van der Waals surface area contributed by atoms with Gasteiger partial charge in [0.1, 0.15) is 5.54 Å². The van der Waals surface area contributed by atoms with Gasteiger partial charge >= 0.3 is 5.97 Å². The Labute approximate surface area is 124 Å². The molecule has 0 aromatic carbocycles. The van der Waals surface area contributed by atoms with Crippen molar-refractivity contribution in [2.75, 3.05) is 5.75 Å². The van der Waals surface area contributed by atoms with Crippen molar-refractivity contribution in [3.8, 4) is 0 Å². The molecule has 2 rings (SSSR count). The number of thioether (sulfide) groups is 1. The molecule has 1 aliphatic carbocycles. The Morgan fingerprint density at radius 3 is 2.95 bits per heavy atom. The first kappa shape index (κ1) is 15.3. The topological polar surface area (TPSA) is 76.2 Å². The van der Waals surface area contributed by atoms with Crippen molar-refractivity contribution < 1.29 is 9.90 Å². The van der Waals surface area contributed by atoms with Crippen LogP contribution in [0.2, 0.25) is 0 Å². The number of nitrogens with two attached hydrogens (primary N) is 1. The Morgan fingerprint density at radius 1 is 1.55 bits per heavy atom. The summed E-state index contributed by atoms with van der Waals surface area (Å²) in [5, 5.41) is 10.3. The molecule has 4 nitrogen and oxygen atoms in total. The predicted molar refractivity (Wildman–Crippen MR) is 80.9 cm³/mol. The highest BCUT2D eigenvalue weighted by Gasteiger charge is 2.45. The van der Waals surface area contributed by atoms with Crippen molar-refractivity contribution in [3.05, 3.63) is 23.4 Å². The number of carboxylic acid groups (broad SMARTS) is 1. The highest BCUT2D eigenvalue weighted by molar-refractivity contribution is 7.99. The van der Waals surface area contributed by atoms with Crippen LogP contribution in [-0.4, -0.2) is 27.4 Å². The first-order chi connectivity index (χ1) is 9.41. The molecule has 5 heteroatoms. The van der Waals surface area contributed by atoms with Gasteiger partial charge in [-0.1, -0.05) is 6.42 Å². The van der Waals surface area contributed by atoms with Crippen LogP contribution in [0.25, 0.3) is 0 Å². The zero-order chi connectivity index (χ0) is 14.8. The lowest BCUT2D eigenvalue weighted by atomic mass is 9.86. The van der Waals surface area contributed by atoms with Crippen LogP contribution in [0, 0.1) is 19.8 Å². The van der Waals surface area contributed by atoms with Crippen LogP contribution in [0.3, 0.4) is 0 Å². The molecule has 110 valence electrons. The van der Waals surface area contributed by atoms with Crippen LogP contribution >= 0.6 is 11.8 Å². The molecule has 1 fully saturated rings. The monoisotopic (exact) mass is 294 g/mol. The summed E-state index contributed by atoms with van der Waals surface area (Å²) in [5.74, 6) is 0.0974. The SMILES string of the molecule is Cc1cc(C)nc(SCCC2CCCC2(N)C(=O)O)c1. The van der Waals surface area contributed by atoms with E-state index in [4.69, 9.17) is 5.73 Å². The molecule has 1 heterocycles. The molecule has 20 heavy (non-hydrogen) atoms. The molecule has 0 bridgehead atoms. The molecule has 2 atom stereocenters. The molecule has 0 saturated heterocycles. The summed E-state index contributed by atoms with van der Waals surface area (Å²) in [6.07, 6.45) is 3.27. The third-order valence-corrected chi connectivity index (χ3v) is 5.00. The van der Waals surface area contributed by atoms with Gasteiger partial charge in [0.2, 0.25) is 0 Å². The molecule has 1 aliphatic rings. The second-order valence-electron chi connectivity index (χ2n) is 5.70. The van der Waals surface area contributed by atoms with Crippen molar-refractivity contribution in [1.82, 2.24) is 4.98 Å². The molecule has 2 unspecified atom stereocenters. The minimum atomic E-state index is -1.02. The molecule has 0 aliphatic heterocycles. The van der Waals surface area contributed by atoms with E-state index in [9.17, 15) is 9.90 Å². The van der Waals surface area contributed by atoms with Gasteiger partial charge in [0.15, 0.2) is 0 Å². The number of aryl methyl sites for hydroxylation is 2. The Hall–Kier alpha value is -1.07. The number of hydrogen-bond donors (Lipinski definition) is 2. The van der Waals surface area contributed by atoms with Gasteiger partial charge in [-0.3, -0.25) is 4.79 Å². The van der Waals surface area contributed by atoms with Crippen LogP contribution in [0.1, 0.15) is 36.9 Å². The Morgan fingerprint density at radius 2 is 2.30 bits per heavy atom. The van der Waals surface area contributed by atoms with E-state index in [1.807, 2.05) is 6.92 Å². The van der Waals surface area contributed by atoms with Gasteiger partial charge in [-0.15, -0.1) is 11.8 Å².